The van der Waals surface area contributed by atoms with E-state index in [1.54, 1.807) is 27.7 Å². The van der Waals surface area contributed by atoms with Gasteiger partial charge in [-0.25, -0.2) is 4.79 Å². The highest BCUT2D eigenvalue weighted by atomic mass is 79.9. The van der Waals surface area contributed by atoms with E-state index in [-0.39, 0.29) is 17.0 Å². The van der Waals surface area contributed by atoms with Gasteiger partial charge in [0.2, 0.25) is 5.90 Å². The molecule has 0 aromatic heterocycles. The molecule has 0 bridgehead atoms. The number of halogens is 1. The van der Waals surface area contributed by atoms with Gasteiger partial charge in [0.15, 0.2) is 4.91 Å². The van der Waals surface area contributed by atoms with Crippen molar-refractivity contribution in [3.63, 3.8) is 0 Å². The zero-order valence-electron chi connectivity index (χ0n) is 10.5. The van der Waals surface area contributed by atoms with Gasteiger partial charge in [0.25, 0.3) is 10.0 Å². The molecule has 18 heavy (non-hydrogen) atoms. The molecule has 0 aromatic carbocycles. The van der Waals surface area contributed by atoms with E-state index >= 15 is 0 Å². The van der Waals surface area contributed by atoms with Crippen molar-refractivity contribution >= 4 is 37.8 Å². The maximum absolute atomic E-state index is 11.8. The molecule has 8 heteroatoms. The molecule has 0 unspecified atom stereocenters. The summed E-state index contributed by atoms with van der Waals surface area (Å²) in [6, 6.07) is 0. The third kappa shape index (κ3) is 3.32. The Labute approximate surface area is 114 Å². The molecule has 0 amide bonds. The third-order valence-electron chi connectivity index (χ3n) is 1.71. The lowest BCUT2D eigenvalue weighted by Crippen LogP contribution is -2.26. The molecule has 0 aromatic rings. The molecule has 0 saturated carbocycles. The Balaban J connectivity index is 3.13. The van der Waals surface area contributed by atoms with E-state index in [0.717, 1.165) is 0 Å². The SMILES string of the molecule is CCOC1=NS(=O)(=O)C(C(=O)OC(C)(C)C)=C1Br. The lowest BCUT2D eigenvalue weighted by Gasteiger charge is -2.19. The number of esters is 1. The average molecular weight is 340 g/mol. The molecular formula is C10H14BrNO5S. The quantitative estimate of drug-likeness (QED) is 0.715. The Morgan fingerprint density at radius 1 is 1.39 bits per heavy atom. The van der Waals surface area contributed by atoms with Crippen molar-refractivity contribution < 1.29 is 22.7 Å². The van der Waals surface area contributed by atoms with Gasteiger partial charge >= 0.3 is 5.97 Å². The van der Waals surface area contributed by atoms with Crippen LogP contribution >= 0.6 is 15.9 Å². The molecule has 1 heterocycles. The number of hydrogen-bond donors (Lipinski definition) is 0. The summed E-state index contributed by atoms with van der Waals surface area (Å²) in [6.45, 7) is 6.85. The van der Waals surface area contributed by atoms with Crippen LogP contribution in [0.5, 0.6) is 0 Å². The van der Waals surface area contributed by atoms with Crippen LogP contribution in [0.3, 0.4) is 0 Å². The number of carbonyl (C=O) groups is 1. The van der Waals surface area contributed by atoms with Crippen molar-refractivity contribution in [3.05, 3.63) is 9.39 Å². The second-order valence-electron chi connectivity index (χ2n) is 4.45. The molecule has 1 aliphatic heterocycles. The molecule has 0 N–H and O–H groups in total. The molecule has 0 atom stereocenters. The number of rotatable bonds is 2. The van der Waals surface area contributed by atoms with Crippen molar-refractivity contribution in [1.29, 1.82) is 0 Å². The number of carbonyl (C=O) groups excluding carboxylic acids is 1. The van der Waals surface area contributed by atoms with E-state index in [4.69, 9.17) is 9.47 Å². The number of sulfonamides is 1. The van der Waals surface area contributed by atoms with Crippen LogP contribution in [0.1, 0.15) is 27.7 Å². The van der Waals surface area contributed by atoms with E-state index < -0.39 is 26.5 Å². The first kappa shape index (κ1) is 15.2. The highest BCUT2D eigenvalue weighted by molar-refractivity contribution is 9.12. The van der Waals surface area contributed by atoms with E-state index in [1.807, 2.05) is 0 Å². The van der Waals surface area contributed by atoms with Crippen molar-refractivity contribution in [2.75, 3.05) is 6.61 Å². The summed E-state index contributed by atoms with van der Waals surface area (Å²) in [4.78, 5) is 11.3. The first-order valence-corrected chi connectivity index (χ1v) is 7.43. The van der Waals surface area contributed by atoms with E-state index in [0.29, 0.717) is 0 Å². The predicted octanol–water partition coefficient (Wildman–Crippen LogP) is 1.71. The fourth-order valence-electron chi connectivity index (χ4n) is 1.15. The van der Waals surface area contributed by atoms with Crippen LogP contribution in [0.25, 0.3) is 0 Å². The summed E-state index contributed by atoms with van der Waals surface area (Å²) in [5.74, 6) is -1.08. The second kappa shape index (κ2) is 5.00. The zero-order valence-corrected chi connectivity index (χ0v) is 12.9. The van der Waals surface area contributed by atoms with Crippen LogP contribution in [0, 0.1) is 0 Å². The first-order valence-electron chi connectivity index (χ1n) is 5.19. The Morgan fingerprint density at radius 2 is 1.94 bits per heavy atom. The van der Waals surface area contributed by atoms with Gasteiger partial charge < -0.3 is 9.47 Å². The summed E-state index contributed by atoms with van der Waals surface area (Å²) >= 11 is 3.00. The maximum Gasteiger partial charge on any atom is 0.353 e. The Hall–Kier alpha value is -0.890. The van der Waals surface area contributed by atoms with Crippen LogP contribution in [0.4, 0.5) is 0 Å². The van der Waals surface area contributed by atoms with Crippen molar-refractivity contribution in [2.24, 2.45) is 4.40 Å². The molecule has 0 fully saturated rings. The lowest BCUT2D eigenvalue weighted by atomic mass is 10.2. The molecule has 0 aliphatic carbocycles. The molecule has 6 nitrogen and oxygen atoms in total. The van der Waals surface area contributed by atoms with Gasteiger partial charge in [-0.3, -0.25) is 0 Å². The Bertz CT molecular complexity index is 527. The zero-order chi connectivity index (χ0) is 14.1. The summed E-state index contributed by atoms with van der Waals surface area (Å²) in [5.41, 5.74) is -0.790. The van der Waals surface area contributed by atoms with Crippen molar-refractivity contribution in [3.8, 4) is 0 Å². The molecule has 1 aliphatic rings. The average Bonchev–Trinajstić information content (AvgIpc) is 2.34. The summed E-state index contributed by atoms with van der Waals surface area (Å²) < 4.78 is 36.9. The standard InChI is InChI=1S/C10H14BrNO5S/c1-5-16-8-6(11)7(18(14,15)12-8)9(13)17-10(2,3)4/h5H2,1-4H3. The largest absolute Gasteiger partial charge is 0.477 e. The minimum atomic E-state index is -4.06. The van der Waals surface area contributed by atoms with E-state index in [9.17, 15) is 13.2 Å². The fourth-order valence-corrected chi connectivity index (χ4v) is 3.27. The first-order chi connectivity index (χ1) is 8.08. The van der Waals surface area contributed by atoms with E-state index in [1.165, 1.54) is 0 Å². The normalized spacial score (nSPS) is 18.6. The van der Waals surface area contributed by atoms with Gasteiger partial charge in [0.05, 0.1) is 6.61 Å². The summed E-state index contributed by atoms with van der Waals surface area (Å²) in [6.07, 6.45) is 0. The van der Waals surface area contributed by atoms with Gasteiger partial charge in [-0.1, -0.05) is 0 Å². The van der Waals surface area contributed by atoms with Crippen LogP contribution in [-0.4, -0.2) is 32.5 Å². The fraction of sp³-hybridized carbons (Fsp3) is 0.600. The monoisotopic (exact) mass is 339 g/mol. The third-order valence-corrected chi connectivity index (χ3v) is 4.00. The van der Waals surface area contributed by atoms with E-state index in [2.05, 4.69) is 20.3 Å². The highest BCUT2D eigenvalue weighted by Gasteiger charge is 2.39. The van der Waals surface area contributed by atoms with Crippen LogP contribution < -0.4 is 0 Å². The maximum atomic E-state index is 11.8. The van der Waals surface area contributed by atoms with Gasteiger partial charge in [-0.15, -0.1) is 4.40 Å². The molecule has 0 saturated heterocycles. The lowest BCUT2D eigenvalue weighted by molar-refractivity contribution is -0.148. The van der Waals surface area contributed by atoms with Gasteiger partial charge in [0, 0.05) is 0 Å². The van der Waals surface area contributed by atoms with Crippen LogP contribution in [-0.2, 0) is 24.3 Å². The topological polar surface area (TPSA) is 82.0 Å². The van der Waals surface area contributed by atoms with Crippen LogP contribution in [0.2, 0.25) is 0 Å². The smallest absolute Gasteiger partial charge is 0.353 e. The molecule has 0 radical (unpaired) electrons. The van der Waals surface area contributed by atoms with Gasteiger partial charge in [0.1, 0.15) is 10.1 Å². The minimum absolute atomic E-state index is 0.00130. The molecule has 102 valence electrons. The number of hydrogen-bond acceptors (Lipinski definition) is 5. The van der Waals surface area contributed by atoms with Crippen LogP contribution in [0.15, 0.2) is 13.8 Å². The summed E-state index contributed by atoms with van der Waals surface area (Å²) in [7, 11) is -4.06. The summed E-state index contributed by atoms with van der Waals surface area (Å²) in [5, 5.41) is 0. The second-order valence-corrected chi connectivity index (χ2v) is 6.78. The Kier molecular flexibility index (Phi) is 4.22. The molecule has 0 spiro atoms. The minimum Gasteiger partial charge on any atom is -0.477 e. The predicted molar refractivity (Wildman–Crippen MR) is 69.8 cm³/mol. The Morgan fingerprint density at radius 3 is 2.39 bits per heavy atom. The van der Waals surface area contributed by atoms with Crippen molar-refractivity contribution in [1.82, 2.24) is 0 Å². The highest BCUT2D eigenvalue weighted by Crippen LogP contribution is 2.30. The number of nitrogens with zero attached hydrogens (tertiary/aromatic N) is 1. The van der Waals surface area contributed by atoms with Gasteiger partial charge in [-0.2, -0.15) is 8.42 Å². The number of ether oxygens (including phenoxy) is 2. The molecular weight excluding hydrogens is 326 g/mol. The molecule has 1 rings (SSSR count). The van der Waals surface area contributed by atoms with Crippen molar-refractivity contribution in [2.45, 2.75) is 33.3 Å². The van der Waals surface area contributed by atoms with Gasteiger partial charge in [-0.05, 0) is 43.6 Å².